The molecular formula is C12H19ClFN. The van der Waals surface area contributed by atoms with Crippen LogP contribution in [0.3, 0.4) is 0 Å². The third kappa shape index (κ3) is 4.18. The maximum atomic E-state index is 13.0. The lowest BCUT2D eigenvalue weighted by Gasteiger charge is -2.19. The number of hydrogen-bond donors (Lipinski definition) is 1. The highest BCUT2D eigenvalue weighted by Crippen LogP contribution is 2.27. The summed E-state index contributed by atoms with van der Waals surface area (Å²) >= 11 is 0. The fourth-order valence-corrected chi connectivity index (χ4v) is 1.84. The Kier molecular flexibility index (Phi) is 6.53. The Bertz CT molecular complexity index is 289. The van der Waals surface area contributed by atoms with Crippen molar-refractivity contribution in [2.24, 2.45) is 5.92 Å². The topological polar surface area (TPSA) is 27.6 Å². The SMILES string of the molecule is CC(C)C(CC[NH3+])c1cccc(F)c1.[Cl-]. The molecule has 0 saturated heterocycles. The molecule has 1 atom stereocenters. The van der Waals surface area contributed by atoms with E-state index >= 15 is 0 Å². The number of quaternary nitrogens is 1. The monoisotopic (exact) mass is 231 g/mol. The Morgan fingerprint density at radius 3 is 2.47 bits per heavy atom. The Labute approximate surface area is 97.3 Å². The van der Waals surface area contributed by atoms with Gasteiger partial charge in [0.1, 0.15) is 5.82 Å². The Morgan fingerprint density at radius 2 is 2.00 bits per heavy atom. The van der Waals surface area contributed by atoms with Gasteiger partial charge in [-0.1, -0.05) is 26.0 Å². The van der Waals surface area contributed by atoms with Gasteiger partial charge in [0.15, 0.2) is 0 Å². The van der Waals surface area contributed by atoms with Crippen molar-refractivity contribution in [3.8, 4) is 0 Å². The normalized spacial score (nSPS) is 12.3. The van der Waals surface area contributed by atoms with Gasteiger partial charge in [-0.05, 0) is 29.5 Å². The van der Waals surface area contributed by atoms with Crippen LogP contribution >= 0.6 is 0 Å². The second kappa shape index (κ2) is 6.81. The van der Waals surface area contributed by atoms with Crippen LogP contribution in [0.25, 0.3) is 0 Å². The number of halogens is 2. The van der Waals surface area contributed by atoms with Crippen molar-refractivity contribution in [2.45, 2.75) is 26.2 Å². The zero-order valence-electron chi connectivity index (χ0n) is 9.34. The molecule has 0 fully saturated rings. The van der Waals surface area contributed by atoms with E-state index in [0.29, 0.717) is 11.8 Å². The van der Waals surface area contributed by atoms with Crippen LogP contribution in [0.5, 0.6) is 0 Å². The van der Waals surface area contributed by atoms with Crippen LogP contribution in [-0.2, 0) is 0 Å². The van der Waals surface area contributed by atoms with Gasteiger partial charge in [0, 0.05) is 6.42 Å². The molecule has 1 nitrogen and oxygen atoms in total. The number of rotatable bonds is 4. The molecule has 15 heavy (non-hydrogen) atoms. The van der Waals surface area contributed by atoms with E-state index in [2.05, 4.69) is 19.6 Å². The molecular weight excluding hydrogens is 213 g/mol. The summed E-state index contributed by atoms with van der Waals surface area (Å²) in [6, 6.07) is 6.91. The minimum absolute atomic E-state index is 0. The molecule has 0 aliphatic carbocycles. The maximum absolute atomic E-state index is 13.0. The van der Waals surface area contributed by atoms with Gasteiger partial charge >= 0.3 is 0 Å². The summed E-state index contributed by atoms with van der Waals surface area (Å²) in [6.07, 6.45) is 1.03. The molecule has 1 unspecified atom stereocenters. The highest BCUT2D eigenvalue weighted by molar-refractivity contribution is 5.21. The Balaban J connectivity index is 0.00000196. The van der Waals surface area contributed by atoms with Crippen molar-refractivity contribution >= 4 is 0 Å². The molecule has 0 amide bonds. The lowest BCUT2D eigenvalue weighted by molar-refractivity contribution is -0.369. The van der Waals surface area contributed by atoms with E-state index in [0.717, 1.165) is 18.5 Å². The van der Waals surface area contributed by atoms with Crippen LogP contribution in [-0.4, -0.2) is 6.54 Å². The third-order valence-electron chi connectivity index (χ3n) is 2.60. The largest absolute Gasteiger partial charge is 1.00 e. The van der Waals surface area contributed by atoms with Crippen molar-refractivity contribution in [2.75, 3.05) is 6.54 Å². The summed E-state index contributed by atoms with van der Waals surface area (Å²) in [6.45, 7) is 5.25. The summed E-state index contributed by atoms with van der Waals surface area (Å²) in [5, 5.41) is 0. The van der Waals surface area contributed by atoms with Crippen LogP contribution in [0.4, 0.5) is 4.39 Å². The van der Waals surface area contributed by atoms with Gasteiger partial charge in [0.2, 0.25) is 0 Å². The highest BCUT2D eigenvalue weighted by Gasteiger charge is 2.15. The van der Waals surface area contributed by atoms with Gasteiger partial charge in [0.25, 0.3) is 0 Å². The zero-order chi connectivity index (χ0) is 10.6. The summed E-state index contributed by atoms with van der Waals surface area (Å²) in [5.41, 5.74) is 4.96. The molecule has 1 aromatic rings. The van der Waals surface area contributed by atoms with Crippen molar-refractivity contribution in [3.63, 3.8) is 0 Å². The molecule has 0 bridgehead atoms. The van der Waals surface area contributed by atoms with Crippen LogP contribution in [0.2, 0.25) is 0 Å². The van der Waals surface area contributed by atoms with Gasteiger partial charge in [-0.15, -0.1) is 0 Å². The summed E-state index contributed by atoms with van der Waals surface area (Å²) in [4.78, 5) is 0. The smallest absolute Gasteiger partial charge is 0.123 e. The van der Waals surface area contributed by atoms with Crippen LogP contribution in [0, 0.1) is 11.7 Å². The molecule has 0 aliphatic rings. The average molecular weight is 232 g/mol. The maximum Gasteiger partial charge on any atom is 0.123 e. The van der Waals surface area contributed by atoms with Crippen molar-refractivity contribution in [1.29, 1.82) is 0 Å². The minimum Gasteiger partial charge on any atom is -1.00 e. The van der Waals surface area contributed by atoms with Crippen LogP contribution in [0.1, 0.15) is 31.7 Å². The molecule has 0 saturated carbocycles. The molecule has 0 spiro atoms. The van der Waals surface area contributed by atoms with E-state index in [9.17, 15) is 4.39 Å². The molecule has 86 valence electrons. The molecule has 1 rings (SSSR count). The first-order chi connectivity index (χ1) is 6.65. The third-order valence-corrected chi connectivity index (χ3v) is 2.60. The van der Waals surface area contributed by atoms with Gasteiger partial charge in [-0.2, -0.15) is 0 Å². The quantitative estimate of drug-likeness (QED) is 0.703. The molecule has 0 heterocycles. The number of benzene rings is 1. The minimum atomic E-state index is -0.141. The highest BCUT2D eigenvalue weighted by atomic mass is 35.5. The molecule has 3 N–H and O–H groups in total. The van der Waals surface area contributed by atoms with E-state index in [1.165, 1.54) is 6.07 Å². The van der Waals surface area contributed by atoms with Gasteiger partial charge in [-0.25, -0.2) is 4.39 Å². The van der Waals surface area contributed by atoms with E-state index in [4.69, 9.17) is 0 Å². The molecule has 0 radical (unpaired) electrons. The van der Waals surface area contributed by atoms with E-state index in [-0.39, 0.29) is 18.2 Å². The predicted octanol–water partition coefficient (Wildman–Crippen LogP) is -0.799. The van der Waals surface area contributed by atoms with E-state index in [1.807, 2.05) is 6.07 Å². The van der Waals surface area contributed by atoms with Gasteiger partial charge in [0.05, 0.1) is 6.54 Å². The zero-order valence-corrected chi connectivity index (χ0v) is 10.1. The Morgan fingerprint density at radius 1 is 1.33 bits per heavy atom. The first-order valence-electron chi connectivity index (χ1n) is 5.20. The van der Waals surface area contributed by atoms with E-state index < -0.39 is 0 Å². The van der Waals surface area contributed by atoms with Crippen LogP contribution < -0.4 is 18.1 Å². The average Bonchev–Trinajstić information content (AvgIpc) is 2.13. The molecule has 3 heteroatoms. The van der Waals surface area contributed by atoms with Gasteiger partial charge in [-0.3, -0.25) is 0 Å². The standard InChI is InChI=1S/C12H18FN.ClH/c1-9(2)12(6-7-14)10-4-3-5-11(13)8-10;/h3-5,8-9,12H,6-7,14H2,1-2H3;1H. The van der Waals surface area contributed by atoms with E-state index in [1.54, 1.807) is 12.1 Å². The predicted molar refractivity (Wildman–Crippen MR) is 56.4 cm³/mol. The summed E-state index contributed by atoms with van der Waals surface area (Å²) in [7, 11) is 0. The fraction of sp³-hybridized carbons (Fsp3) is 0.500. The molecule has 0 aliphatic heterocycles. The first-order valence-corrected chi connectivity index (χ1v) is 5.20. The number of hydrogen-bond acceptors (Lipinski definition) is 0. The molecule has 0 aromatic heterocycles. The lowest BCUT2D eigenvalue weighted by atomic mass is 9.86. The van der Waals surface area contributed by atoms with Crippen molar-refractivity contribution in [3.05, 3.63) is 35.6 Å². The van der Waals surface area contributed by atoms with Gasteiger partial charge < -0.3 is 18.1 Å². The second-order valence-electron chi connectivity index (χ2n) is 4.05. The second-order valence-corrected chi connectivity index (χ2v) is 4.05. The molecule has 1 aromatic carbocycles. The van der Waals surface area contributed by atoms with Crippen LogP contribution in [0.15, 0.2) is 24.3 Å². The first kappa shape index (κ1) is 14.4. The summed E-state index contributed by atoms with van der Waals surface area (Å²) in [5.74, 6) is 0.832. The van der Waals surface area contributed by atoms with Crippen molar-refractivity contribution in [1.82, 2.24) is 0 Å². The summed E-state index contributed by atoms with van der Waals surface area (Å²) < 4.78 is 13.0. The van der Waals surface area contributed by atoms with Crippen molar-refractivity contribution < 1.29 is 22.5 Å². The fourth-order valence-electron chi connectivity index (χ4n) is 1.84. The Hall–Kier alpha value is -0.600. The lowest BCUT2D eigenvalue weighted by Crippen LogP contribution is -3.00.